The number of fused-ring (bicyclic) bond motifs is 1. The van der Waals surface area contributed by atoms with Crippen molar-refractivity contribution in [2.75, 3.05) is 6.54 Å². The van der Waals surface area contributed by atoms with Gasteiger partial charge in [-0.3, -0.25) is 4.79 Å². The molecule has 0 aliphatic heterocycles. The van der Waals surface area contributed by atoms with Gasteiger partial charge >= 0.3 is 0 Å². The van der Waals surface area contributed by atoms with E-state index >= 15 is 0 Å². The first-order valence-electron chi connectivity index (χ1n) is 6.45. The topological polar surface area (TPSA) is 46.9 Å². The number of nitrogens with one attached hydrogen (secondary N) is 1. The molecule has 1 aliphatic carbocycles. The molecule has 0 unspecified atom stereocenters. The van der Waals surface area contributed by atoms with Gasteiger partial charge in [0.25, 0.3) is 5.56 Å². The Kier molecular flexibility index (Phi) is 2.88. The molecule has 1 fully saturated rings. The number of hydrogen-bond donors (Lipinski definition) is 1. The van der Waals surface area contributed by atoms with Crippen molar-refractivity contribution in [1.82, 2.24) is 14.9 Å². The van der Waals surface area contributed by atoms with Gasteiger partial charge in [0.15, 0.2) is 0 Å². The maximum atomic E-state index is 12.1. The first kappa shape index (κ1) is 11.4. The van der Waals surface area contributed by atoms with E-state index in [1.807, 2.05) is 28.8 Å². The third-order valence-corrected chi connectivity index (χ3v) is 3.36. The molecule has 2 aromatic rings. The fourth-order valence-corrected chi connectivity index (χ4v) is 2.21. The number of aromatic nitrogens is 2. The molecule has 0 saturated heterocycles. The summed E-state index contributed by atoms with van der Waals surface area (Å²) in [6.07, 6.45) is 2.54. The molecule has 94 valence electrons. The summed E-state index contributed by atoms with van der Waals surface area (Å²) in [5, 5.41) is 3.44. The zero-order chi connectivity index (χ0) is 12.5. The first-order valence-corrected chi connectivity index (χ1v) is 6.45. The predicted molar refractivity (Wildman–Crippen MR) is 71.8 cm³/mol. The van der Waals surface area contributed by atoms with Crippen LogP contribution in [0, 0.1) is 6.92 Å². The summed E-state index contributed by atoms with van der Waals surface area (Å²) in [5.74, 6) is 0. The summed E-state index contributed by atoms with van der Waals surface area (Å²) in [6, 6.07) is 8.48. The van der Waals surface area contributed by atoms with Gasteiger partial charge < -0.3 is 9.88 Å². The SMILES string of the molecule is Cc1nc2ccccc2n(CCNC2CC2)c1=O. The first-order chi connectivity index (χ1) is 8.75. The number of nitrogens with zero attached hydrogens (tertiary/aromatic N) is 2. The van der Waals surface area contributed by atoms with Crippen LogP contribution >= 0.6 is 0 Å². The van der Waals surface area contributed by atoms with Crippen LogP contribution in [0.2, 0.25) is 0 Å². The van der Waals surface area contributed by atoms with Crippen LogP contribution in [0.1, 0.15) is 18.5 Å². The summed E-state index contributed by atoms with van der Waals surface area (Å²) in [4.78, 5) is 16.5. The molecule has 3 rings (SSSR count). The van der Waals surface area contributed by atoms with Crippen LogP contribution in [-0.4, -0.2) is 22.1 Å². The molecule has 18 heavy (non-hydrogen) atoms. The summed E-state index contributed by atoms with van der Waals surface area (Å²) in [6.45, 7) is 3.33. The van der Waals surface area contributed by atoms with E-state index in [9.17, 15) is 4.79 Å². The maximum Gasteiger partial charge on any atom is 0.272 e. The smallest absolute Gasteiger partial charge is 0.272 e. The minimum Gasteiger partial charge on any atom is -0.312 e. The van der Waals surface area contributed by atoms with Gasteiger partial charge in [-0.2, -0.15) is 0 Å². The predicted octanol–water partition coefficient (Wildman–Crippen LogP) is 1.46. The highest BCUT2D eigenvalue weighted by atomic mass is 16.1. The monoisotopic (exact) mass is 243 g/mol. The molecular weight excluding hydrogens is 226 g/mol. The molecule has 1 aromatic heterocycles. The van der Waals surface area contributed by atoms with Gasteiger partial charge in [-0.25, -0.2) is 4.98 Å². The molecule has 1 heterocycles. The summed E-state index contributed by atoms with van der Waals surface area (Å²) in [7, 11) is 0. The van der Waals surface area contributed by atoms with Gasteiger partial charge in [-0.15, -0.1) is 0 Å². The zero-order valence-corrected chi connectivity index (χ0v) is 10.5. The van der Waals surface area contributed by atoms with Gasteiger partial charge in [0.05, 0.1) is 11.0 Å². The molecule has 0 amide bonds. The highest BCUT2D eigenvalue weighted by molar-refractivity contribution is 5.74. The third kappa shape index (κ3) is 2.16. The lowest BCUT2D eigenvalue weighted by Crippen LogP contribution is -2.30. The van der Waals surface area contributed by atoms with Crippen molar-refractivity contribution in [2.45, 2.75) is 32.4 Å². The zero-order valence-electron chi connectivity index (χ0n) is 10.5. The largest absolute Gasteiger partial charge is 0.312 e. The maximum absolute atomic E-state index is 12.1. The molecule has 1 N–H and O–H groups in total. The molecule has 0 radical (unpaired) electrons. The lowest BCUT2D eigenvalue weighted by atomic mass is 10.2. The Morgan fingerprint density at radius 3 is 2.94 bits per heavy atom. The molecule has 1 saturated carbocycles. The lowest BCUT2D eigenvalue weighted by Gasteiger charge is -2.11. The minimum absolute atomic E-state index is 0.0197. The normalized spacial score (nSPS) is 15.2. The average molecular weight is 243 g/mol. The van der Waals surface area contributed by atoms with Gasteiger partial charge in [0.1, 0.15) is 5.69 Å². The average Bonchev–Trinajstić information content (AvgIpc) is 3.18. The van der Waals surface area contributed by atoms with Gasteiger partial charge in [0, 0.05) is 19.1 Å². The molecule has 4 nitrogen and oxygen atoms in total. The van der Waals surface area contributed by atoms with Crippen molar-refractivity contribution < 1.29 is 0 Å². The number of benzene rings is 1. The van der Waals surface area contributed by atoms with Gasteiger partial charge in [0.2, 0.25) is 0 Å². The molecule has 1 aliphatic rings. The van der Waals surface area contributed by atoms with E-state index in [1.165, 1.54) is 12.8 Å². The molecule has 1 aromatic carbocycles. The Bertz CT molecular complexity index is 628. The van der Waals surface area contributed by atoms with E-state index in [2.05, 4.69) is 10.3 Å². The Labute approximate surface area is 106 Å². The van der Waals surface area contributed by atoms with E-state index in [4.69, 9.17) is 0 Å². The fraction of sp³-hybridized carbons (Fsp3) is 0.429. The van der Waals surface area contributed by atoms with Crippen LogP contribution in [0.25, 0.3) is 11.0 Å². The van der Waals surface area contributed by atoms with Crippen molar-refractivity contribution in [2.24, 2.45) is 0 Å². The second-order valence-corrected chi connectivity index (χ2v) is 4.87. The summed E-state index contributed by atoms with van der Waals surface area (Å²) in [5.41, 5.74) is 2.40. The number of aryl methyl sites for hydroxylation is 1. The molecular formula is C14H17N3O. The van der Waals surface area contributed by atoms with Crippen LogP contribution in [0.5, 0.6) is 0 Å². The highest BCUT2D eigenvalue weighted by Crippen LogP contribution is 2.18. The Morgan fingerprint density at radius 1 is 1.39 bits per heavy atom. The van der Waals surface area contributed by atoms with E-state index in [1.54, 1.807) is 6.92 Å². The number of rotatable bonds is 4. The van der Waals surface area contributed by atoms with E-state index in [-0.39, 0.29) is 5.56 Å². The van der Waals surface area contributed by atoms with Gasteiger partial charge in [-0.1, -0.05) is 12.1 Å². The second-order valence-electron chi connectivity index (χ2n) is 4.87. The van der Waals surface area contributed by atoms with Gasteiger partial charge in [-0.05, 0) is 31.9 Å². The van der Waals surface area contributed by atoms with Crippen molar-refractivity contribution in [1.29, 1.82) is 0 Å². The fourth-order valence-electron chi connectivity index (χ4n) is 2.21. The van der Waals surface area contributed by atoms with Crippen molar-refractivity contribution in [3.05, 3.63) is 40.3 Å². The number of para-hydroxylation sites is 2. The standard InChI is InChI=1S/C14H17N3O/c1-10-14(18)17(9-8-15-11-6-7-11)13-5-3-2-4-12(13)16-10/h2-5,11,15H,6-9H2,1H3. The van der Waals surface area contributed by atoms with Crippen LogP contribution in [0.4, 0.5) is 0 Å². The van der Waals surface area contributed by atoms with Crippen LogP contribution < -0.4 is 10.9 Å². The Balaban J connectivity index is 1.96. The third-order valence-electron chi connectivity index (χ3n) is 3.36. The Hall–Kier alpha value is -1.68. The second kappa shape index (κ2) is 4.53. The summed E-state index contributed by atoms with van der Waals surface area (Å²) < 4.78 is 1.83. The van der Waals surface area contributed by atoms with Crippen molar-refractivity contribution >= 4 is 11.0 Å². The van der Waals surface area contributed by atoms with Crippen molar-refractivity contribution in [3.63, 3.8) is 0 Å². The quantitative estimate of drug-likeness (QED) is 0.884. The van der Waals surface area contributed by atoms with Crippen LogP contribution in [0.3, 0.4) is 0 Å². The van der Waals surface area contributed by atoms with E-state index in [0.717, 1.165) is 17.6 Å². The Morgan fingerprint density at radius 2 is 2.17 bits per heavy atom. The molecule has 4 heteroatoms. The van der Waals surface area contributed by atoms with Crippen LogP contribution in [0.15, 0.2) is 29.1 Å². The highest BCUT2D eigenvalue weighted by Gasteiger charge is 2.19. The molecule has 0 spiro atoms. The summed E-state index contributed by atoms with van der Waals surface area (Å²) >= 11 is 0. The molecule has 0 bridgehead atoms. The van der Waals surface area contributed by atoms with Crippen LogP contribution in [-0.2, 0) is 6.54 Å². The number of hydrogen-bond acceptors (Lipinski definition) is 3. The molecule has 0 atom stereocenters. The van der Waals surface area contributed by atoms with E-state index < -0.39 is 0 Å². The van der Waals surface area contributed by atoms with Crippen molar-refractivity contribution in [3.8, 4) is 0 Å². The van der Waals surface area contributed by atoms with E-state index in [0.29, 0.717) is 18.3 Å². The minimum atomic E-state index is 0.0197. The lowest BCUT2D eigenvalue weighted by molar-refractivity contribution is 0.592.